The van der Waals surface area contributed by atoms with Crippen molar-refractivity contribution in [3.05, 3.63) is 88.5 Å². The van der Waals surface area contributed by atoms with Gasteiger partial charge in [0, 0.05) is 30.7 Å². The first-order chi connectivity index (χ1) is 15.4. The van der Waals surface area contributed by atoms with Gasteiger partial charge in [0.05, 0.1) is 18.8 Å². The third-order valence-electron chi connectivity index (χ3n) is 4.61. The number of carbonyl (C=O) groups is 1. The Balaban J connectivity index is 1.65. The molecule has 32 heavy (non-hydrogen) atoms. The van der Waals surface area contributed by atoms with E-state index in [1.807, 2.05) is 0 Å². The van der Waals surface area contributed by atoms with Crippen LogP contribution in [0.4, 0.5) is 14.5 Å². The Bertz CT molecular complexity index is 1330. The zero-order valence-corrected chi connectivity index (χ0v) is 17.0. The number of rotatable bonds is 7. The van der Waals surface area contributed by atoms with E-state index in [9.17, 15) is 18.4 Å². The summed E-state index contributed by atoms with van der Waals surface area (Å²) in [6.07, 6.45) is 2.24. The van der Waals surface area contributed by atoms with Crippen molar-refractivity contribution in [3.8, 4) is 5.75 Å². The van der Waals surface area contributed by atoms with E-state index in [0.29, 0.717) is 29.4 Å². The van der Waals surface area contributed by atoms with Crippen LogP contribution in [0.25, 0.3) is 5.65 Å². The van der Waals surface area contributed by atoms with Crippen LogP contribution in [0.15, 0.2) is 65.8 Å². The monoisotopic (exact) mass is 439 g/mol. The maximum Gasteiger partial charge on any atom is 0.280 e. The van der Waals surface area contributed by atoms with Gasteiger partial charge in [-0.15, -0.1) is 0 Å². The van der Waals surface area contributed by atoms with E-state index < -0.39 is 18.0 Å². The normalized spacial score (nSPS) is 11.1. The molecule has 0 radical (unpaired) electrons. The highest BCUT2D eigenvalue weighted by molar-refractivity contribution is 6.03. The maximum atomic E-state index is 12.9. The second-order valence-electron chi connectivity index (χ2n) is 6.85. The molecule has 4 rings (SSSR count). The molecular weight excluding hydrogens is 420 g/mol. The minimum absolute atomic E-state index is 0.139. The highest BCUT2D eigenvalue weighted by atomic mass is 19.3. The molecule has 4 heterocycles. The molecule has 0 bridgehead atoms. The molecule has 0 aromatic carbocycles. The standard InChI is InChI=1S/C22H19F2N5O3/c1-2-32-18-10-19-25-14(11-28-9-4-3-8-20(28)30)12-29(19)13-17(18)27-22(31)16-7-5-6-15(26-16)21(23)24/h3-10,12-13,21H,2,11H2,1H3,(H,27,31). The van der Waals surface area contributed by atoms with Crippen LogP contribution in [0, 0.1) is 0 Å². The van der Waals surface area contributed by atoms with Gasteiger partial charge in [0.1, 0.15) is 28.5 Å². The Morgan fingerprint density at radius 3 is 2.75 bits per heavy atom. The van der Waals surface area contributed by atoms with Crippen molar-refractivity contribution in [2.24, 2.45) is 0 Å². The second kappa shape index (κ2) is 8.96. The fourth-order valence-corrected chi connectivity index (χ4v) is 3.16. The van der Waals surface area contributed by atoms with Gasteiger partial charge in [-0.1, -0.05) is 12.1 Å². The number of amides is 1. The van der Waals surface area contributed by atoms with Gasteiger partial charge in [-0.3, -0.25) is 9.59 Å². The molecule has 4 aromatic heterocycles. The first kappa shape index (κ1) is 21.2. The van der Waals surface area contributed by atoms with Gasteiger partial charge in [-0.25, -0.2) is 18.7 Å². The molecule has 1 amide bonds. The van der Waals surface area contributed by atoms with E-state index in [1.54, 1.807) is 48.1 Å². The molecular formula is C22H19F2N5O3. The number of aromatic nitrogens is 4. The summed E-state index contributed by atoms with van der Waals surface area (Å²) in [6.45, 7) is 2.41. The Morgan fingerprint density at radius 2 is 2.00 bits per heavy atom. The summed E-state index contributed by atoms with van der Waals surface area (Å²) in [4.78, 5) is 32.8. The number of ether oxygens (including phenoxy) is 1. The lowest BCUT2D eigenvalue weighted by Gasteiger charge is -2.12. The summed E-state index contributed by atoms with van der Waals surface area (Å²) >= 11 is 0. The number of anilines is 1. The Labute approximate surface area is 181 Å². The maximum absolute atomic E-state index is 12.9. The van der Waals surface area contributed by atoms with Crippen molar-refractivity contribution in [3.63, 3.8) is 0 Å². The second-order valence-corrected chi connectivity index (χ2v) is 6.85. The van der Waals surface area contributed by atoms with Crippen molar-refractivity contribution in [1.29, 1.82) is 0 Å². The van der Waals surface area contributed by atoms with E-state index in [2.05, 4.69) is 15.3 Å². The molecule has 0 aliphatic carbocycles. The summed E-state index contributed by atoms with van der Waals surface area (Å²) in [5.41, 5.74) is 0.757. The van der Waals surface area contributed by atoms with Gasteiger partial charge in [0.2, 0.25) is 0 Å². The van der Waals surface area contributed by atoms with E-state index in [0.717, 1.165) is 6.07 Å². The van der Waals surface area contributed by atoms with Gasteiger partial charge < -0.3 is 19.0 Å². The average Bonchev–Trinajstić information content (AvgIpc) is 3.17. The van der Waals surface area contributed by atoms with Crippen molar-refractivity contribution in [1.82, 2.24) is 18.9 Å². The number of nitrogens with one attached hydrogen (secondary N) is 1. The highest BCUT2D eigenvalue weighted by Crippen LogP contribution is 2.27. The first-order valence-electron chi connectivity index (χ1n) is 9.81. The molecule has 8 nitrogen and oxygen atoms in total. The number of nitrogens with zero attached hydrogens (tertiary/aromatic N) is 4. The zero-order chi connectivity index (χ0) is 22.7. The number of imidazole rings is 1. The molecule has 0 fully saturated rings. The SMILES string of the molecule is CCOc1cc2nc(Cn3ccccc3=O)cn2cc1NC(=O)c1cccc(C(F)F)n1. The Kier molecular flexibility index (Phi) is 5.93. The van der Waals surface area contributed by atoms with Gasteiger partial charge in [-0.2, -0.15) is 0 Å². The smallest absolute Gasteiger partial charge is 0.280 e. The predicted molar refractivity (Wildman–Crippen MR) is 113 cm³/mol. The number of pyridine rings is 3. The molecule has 164 valence electrons. The molecule has 0 atom stereocenters. The fourth-order valence-electron chi connectivity index (χ4n) is 3.16. The van der Waals surface area contributed by atoms with Crippen LogP contribution in [0.2, 0.25) is 0 Å². The van der Waals surface area contributed by atoms with Gasteiger partial charge in [-0.05, 0) is 25.1 Å². The van der Waals surface area contributed by atoms with Crippen molar-refractivity contribution < 1.29 is 18.3 Å². The summed E-state index contributed by atoms with van der Waals surface area (Å²) in [6, 6.07) is 10.4. The molecule has 1 N–H and O–H groups in total. The average molecular weight is 439 g/mol. The summed E-state index contributed by atoms with van der Waals surface area (Å²) in [5, 5.41) is 2.66. The van der Waals surface area contributed by atoms with Crippen LogP contribution in [0.1, 0.15) is 35.2 Å². The van der Waals surface area contributed by atoms with Crippen LogP contribution in [-0.4, -0.2) is 31.4 Å². The molecule has 0 saturated heterocycles. The van der Waals surface area contributed by atoms with Crippen molar-refractivity contribution >= 4 is 17.2 Å². The highest BCUT2D eigenvalue weighted by Gasteiger charge is 2.16. The van der Waals surface area contributed by atoms with Gasteiger partial charge >= 0.3 is 0 Å². The number of halogens is 2. The largest absolute Gasteiger partial charge is 0.491 e. The number of carbonyl (C=O) groups excluding carboxylic acids is 1. The molecule has 0 saturated carbocycles. The molecule has 0 aliphatic rings. The zero-order valence-electron chi connectivity index (χ0n) is 17.0. The third-order valence-corrected chi connectivity index (χ3v) is 4.61. The molecule has 4 aromatic rings. The van der Waals surface area contributed by atoms with Crippen LogP contribution in [-0.2, 0) is 6.54 Å². The van der Waals surface area contributed by atoms with Crippen molar-refractivity contribution in [2.45, 2.75) is 19.9 Å². The quantitative estimate of drug-likeness (QED) is 0.476. The van der Waals surface area contributed by atoms with Crippen LogP contribution in [0.3, 0.4) is 0 Å². The van der Waals surface area contributed by atoms with E-state index >= 15 is 0 Å². The third kappa shape index (κ3) is 4.48. The van der Waals surface area contributed by atoms with Crippen LogP contribution in [0.5, 0.6) is 5.75 Å². The lowest BCUT2D eigenvalue weighted by atomic mass is 10.2. The summed E-state index contributed by atoms with van der Waals surface area (Å²) < 4.78 is 34.7. The van der Waals surface area contributed by atoms with Gasteiger partial charge in [0.25, 0.3) is 17.9 Å². The minimum atomic E-state index is -2.78. The minimum Gasteiger partial charge on any atom is -0.491 e. The van der Waals surface area contributed by atoms with E-state index in [4.69, 9.17) is 4.74 Å². The van der Waals surface area contributed by atoms with E-state index in [1.165, 1.54) is 22.8 Å². The lowest BCUT2D eigenvalue weighted by molar-refractivity contribution is 0.101. The molecule has 0 aliphatic heterocycles. The molecule has 0 spiro atoms. The first-order valence-corrected chi connectivity index (χ1v) is 9.81. The number of hydrogen-bond acceptors (Lipinski definition) is 5. The van der Waals surface area contributed by atoms with Crippen LogP contribution < -0.4 is 15.6 Å². The van der Waals surface area contributed by atoms with E-state index in [-0.39, 0.29) is 17.8 Å². The Morgan fingerprint density at radius 1 is 1.16 bits per heavy atom. The van der Waals surface area contributed by atoms with Crippen molar-refractivity contribution in [2.75, 3.05) is 11.9 Å². The number of fused-ring (bicyclic) bond motifs is 1. The topological polar surface area (TPSA) is 90.5 Å². The number of hydrogen-bond donors (Lipinski definition) is 1. The summed E-state index contributed by atoms with van der Waals surface area (Å²) in [7, 11) is 0. The van der Waals surface area contributed by atoms with Gasteiger partial charge in [0.15, 0.2) is 0 Å². The molecule has 0 unspecified atom stereocenters. The fraction of sp³-hybridized carbons (Fsp3) is 0.182. The Hall–Kier alpha value is -4.08. The molecule has 10 heteroatoms. The van der Waals surface area contributed by atoms with Crippen LogP contribution >= 0.6 is 0 Å². The predicted octanol–water partition coefficient (Wildman–Crippen LogP) is 3.53. The summed E-state index contributed by atoms with van der Waals surface area (Å²) in [5.74, 6) is -0.281. The number of alkyl halides is 2. The lowest BCUT2D eigenvalue weighted by Crippen LogP contribution is -2.18.